The van der Waals surface area contributed by atoms with Crippen molar-refractivity contribution < 1.29 is 19.7 Å². The molecule has 0 radical (unpaired) electrons. The van der Waals surface area contributed by atoms with Crippen LogP contribution >= 0.6 is 0 Å². The minimum absolute atomic E-state index is 0.120. The van der Waals surface area contributed by atoms with E-state index in [9.17, 15) is 15.0 Å². The lowest BCUT2D eigenvalue weighted by Gasteiger charge is -2.38. The smallest absolute Gasteiger partial charge is 0.302 e. The van der Waals surface area contributed by atoms with Gasteiger partial charge in [-0.2, -0.15) is 0 Å². The third kappa shape index (κ3) is 3.32. The van der Waals surface area contributed by atoms with Crippen LogP contribution in [0.1, 0.15) is 33.1 Å². The molecular formula is C12H20O4. The lowest BCUT2D eigenvalue weighted by molar-refractivity contribution is -0.140. The highest BCUT2D eigenvalue weighted by molar-refractivity contribution is 5.66. The second-order valence-corrected chi connectivity index (χ2v) is 4.78. The molecule has 16 heavy (non-hydrogen) atoms. The highest BCUT2D eigenvalue weighted by Gasteiger charge is 2.37. The number of aliphatic hydroxyl groups excluding tert-OH is 1. The predicted octanol–water partition coefficient (Wildman–Crippen LogP) is 1.02. The molecule has 4 heteroatoms. The van der Waals surface area contributed by atoms with Crippen LogP contribution < -0.4 is 0 Å². The Morgan fingerprint density at radius 1 is 1.62 bits per heavy atom. The van der Waals surface area contributed by atoms with Crippen molar-refractivity contribution in [2.75, 3.05) is 6.61 Å². The summed E-state index contributed by atoms with van der Waals surface area (Å²) in [5.74, 6) is -0.209. The van der Waals surface area contributed by atoms with E-state index in [1.807, 2.05) is 0 Å². The molecule has 4 nitrogen and oxygen atoms in total. The van der Waals surface area contributed by atoms with Gasteiger partial charge in [0.25, 0.3) is 0 Å². The van der Waals surface area contributed by atoms with Gasteiger partial charge in [0.2, 0.25) is 0 Å². The van der Waals surface area contributed by atoms with Crippen LogP contribution in [0, 0.1) is 5.92 Å². The number of ether oxygens (including phenoxy) is 1. The van der Waals surface area contributed by atoms with Crippen LogP contribution in [0.3, 0.4) is 0 Å². The highest BCUT2D eigenvalue weighted by atomic mass is 16.5. The molecule has 0 aromatic rings. The number of hydrogen-bond acceptors (Lipinski definition) is 4. The van der Waals surface area contributed by atoms with Gasteiger partial charge in [-0.15, -0.1) is 0 Å². The molecule has 1 fully saturated rings. The third-order valence-corrected chi connectivity index (χ3v) is 3.26. The van der Waals surface area contributed by atoms with Crippen molar-refractivity contribution >= 4 is 5.97 Å². The molecule has 0 bridgehead atoms. The van der Waals surface area contributed by atoms with Crippen molar-refractivity contribution in [2.45, 2.75) is 44.8 Å². The van der Waals surface area contributed by atoms with E-state index < -0.39 is 11.7 Å². The molecule has 0 amide bonds. The van der Waals surface area contributed by atoms with Crippen LogP contribution in [-0.2, 0) is 9.53 Å². The van der Waals surface area contributed by atoms with Gasteiger partial charge < -0.3 is 14.9 Å². The van der Waals surface area contributed by atoms with E-state index in [0.717, 1.165) is 12.0 Å². The van der Waals surface area contributed by atoms with Crippen LogP contribution in [0.5, 0.6) is 0 Å². The molecule has 92 valence electrons. The Hall–Kier alpha value is -0.870. The van der Waals surface area contributed by atoms with E-state index >= 15 is 0 Å². The second kappa shape index (κ2) is 4.97. The van der Waals surface area contributed by atoms with Crippen LogP contribution in [0.2, 0.25) is 0 Å². The normalized spacial score (nSPS) is 34.5. The van der Waals surface area contributed by atoms with Crippen molar-refractivity contribution in [1.29, 1.82) is 0 Å². The molecule has 1 aliphatic carbocycles. The summed E-state index contributed by atoms with van der Waals surface area (Å²) in [4.78, 5) is 10.6. The summed E-state index contributed by atoms with van der Waals surface area (Å²) in [5, 5.41) is 19.5. The van der Waals surface area contributed by atoms with Crippen molar-refractivity contribution in [1.82, 2.24) is 0 Å². The van der Waals surface area contributed by atoms with Gasteiger partial charge in [-0.05, 0) is 37.7 Å². The second-order valence-electron chi connectivity index (χ2n) is 4.78. The van der Waals surface area contributed by atoms with E-state index in [2.05, 4.69) is 6.58 Å². The molecule has 1 aliphatic rings. The number of hydrogen-bond donors (Lipinski definition) is 2. The van der Waals surface area contributed by atoms with Gasteiger partial charge in [-0.25, -0.2) is 0 Å². The molecule has 3 atom stereocenters. The standard InChI is InChI=1S/C12H20O4/c1-8(7-16-9(2)13)10-4-5-12(3,15)11(14)6-10/h10-11,14-15H,1,4-7H2,2-3H3. The largest absolute Gasteiger partial charge is 0.461 e. The predicted molar refractivity (Wildman–Crippen MR) is 59.7 cm³/mol. The molecule has 0 saturated heterocycles. The Balaban J connectivity index is 2.45. The summed E-state index contributed by atoms with van der Waals surface area (Å²) < 4.78 is 4.86. The Morgan fingerprint density at radius 3 is 2.75 bits per heavy atom. The van der Waals surface area contributed by atoms with Crippen molar-refractivity contribution in [2.24, 2.45) is 5.92 Å². The molecule has 3 unspecified atom stereocenters. The summed E-state index contributed by atoms with van der Waals surface area (Å²) in [7, 11) is 0. The fraction of sp³-hybridized carbons (Fsp3) is 0.750. The molecule has 0 aliphatic heterocycles. The van der Waals surface area contributed by atoms with Gasteiger partial charge in [0, 0.05) is 6.92 Å². The summed E-state index contributed by atoms with van der Waals surface area (Å²) in [6.07, 6.45) is 1.05. The molecular weight excluding hydrogens is 208 g/mol. The molecule has 0 aromatic carbocycles. The fourth-order valence-corrected chi connectivity index (χ4v) is 1.96. The minimum atomic E-state index is -1.00. The fourth-order valence-electron chi connectivity index (χ4n) is 1.96. The first kappa shape index (κ1) is 13.2. The summed E-state index contributed by atoms with van der Waals surface area (Å²) >= 11 is 0. The Labute approximate surface area is 95.9 Å². The van der Waals surface area contributed by atoms with E-state index in [-0.39, 0.29) is 18.5 Å². The Kier molecular flexibility index (Phi) is 4.10. The number of carbonyl (C=O) groups is 1. The summed E-state index contributed by atoms with van der Waals surface area (Å²) in [6.45, 7) is 7.06. The zero-order valence-electron chi connectivity index (χ0n) is 9.90. The zero-order valence-corrected chi connectivity index (χ0v) is 9.90. The lowest BCUT2D eigenvalue weighted by Crippen LogP contribution is -2.44. The van der Waals surface area contributed by atoms with E-state index in [0.29, 0.717) is 12.8 Å². The van der Waals surface area contributed by atoms with Crippen LogP contribution in [0.25, 0.3) is 0 Å². The zero-order chi connectivity index (χ0) is 12.3. The molecule has 1 saturated carbocycles. The maximum Gasteiger partial charge on any atom is 0.302 e. The van der Waals surface area contributed by atoms with Crippen molar-refractivity contribution in [3.8, 4) is 0 Å². The van der Waals surface area contributed by atoms with Crippen LogP contribution in [-0.4, -0.2) is 34.5 Å². The first-order valence-corrected chi connectivity index (χ1v) is 5.54. The molecule has 1 rings (SSSR count). The topological polar surface area (TPSA) is 66.8 Å². The minimum Gasteiger partial charge on any atom is -0.461 e. The first-order valence-electron chi connectivity index (χ1n) is 5.54. The van der Waals surface area contributed by atoms with Crippen LogP contribution in [0.4, 0.5) is 0 Å². The SMILES string of the molecule is C=C(COC(C)=O)C1CCC(C)(O)C(O)C1. The monoisotopic (exact) mass is 228 g/mol. The first-order chi connectivity index (χ1) is 7.33. The van der Waals surface area contributed by atoms with E-state index in [4.69, 9.17) is 4.74 Å². The van der Waals surface area contributed by atoms with Crippen molar-refractivity contribution in [3.05, 3.63) is 12.2 Å². The van der Waals surface area contributed by atoms with Gasteiger partial charge >= 0.3 is 5.97 Å². The van der Waals surface area contributed by atoms with Crippen molar-refractivity contribution in [3.63, 3.8) is 0 Å². The molecule has 0 aromatic heterocycles. The van der Waals surface area contributed by atoms with Gasteiger partial charge in [0.05, 0.1) is 11.7 Å². The lowest BCUT2D eigenvalue weighted by atomic mass is 9.75. The van der Waals surface area contributed by atoms with E-state index in [1.165, 1.54) is 6.92 Å². The molecule has 2 N–H and O–H groups in total. The number of carbonyl (C=O) groups excluding carboxylic acids is 1. The van der Waals surface area contributed by atoms with Crippen LogP contribution in [0.15, 0.2) is 12.2 Å². The molecule has 0 heterocycles. The average Bonchev–Trinajstić information content (AvgIpc) is 2.18. The van der Waals surface area contributed by atoms with Gasteiger partial charge in [0.1, 0.15) is 6.61 Å². The quantitative estimate of drug-likeness (QED) is 0.559. The third-order valence-electron chi connectivity index (χ3n) is 3.26. The Morgan fingerprint density at radius 2 is 2.25 bits per heavy atom. The number of esters is 1. The number of aliphatic hydroxyl groups is 2. The van der Waals surface area contributed by atoms with Gasteiger partial charge in [0.15, 0.2) is 0 Å². The average molecular weight is 228 g/mol. The summed E-state index contributed by atoms with van der Waals surface area (Å²) in [6, 6.07) is 0. The van der Waals surface area contributed by atoms with Gasteiger partial charge in [-0.3, -0.25) is 4.79 Å². The Bertz CT molecular complexity index is 283. The van der Waals surface area contributed by atoms with E-state index in [1.54, 1.807) is 6.92 Å². The maximum atomic E-state index is 10.6. The summed E-state index contributed by atoms with van der Waals surface area (Å²) in [5.41, 5.74) is -0.192. The highest BCUT2D eigenvalue weighted by Crippen LogP contribution is 2.35. The maximum absolute atomic E-state index is 10.6. The molecule has 0 spiro atoms. The van der Waals surface area contributed by atoms with Gasteiger partial charge in [-0.1, -0.05) is 6.58 Å². The number of rotatable bonds is 3.